The number of halogens is 1. The molecule has 0 atom stereocenters. The Bertz CT molecular complexity index is 980. The van der Waals surface area contributed by atoms with Crippen molar-refractivity contribution in [3.8, 4) is 0 Å². The number of nitrogens with one attached hydrogen (secondary N) is 2. The second-order valence-corrected chi connectivity index (χ2v) is 8.72. The zero-order valence-corrected chi connectivity index (χ0v) is 20.5. The molecule has 0 spiro atoms. The Hall–Kier alpha value is -2.72. The monoisotopic (exact) mass is 474 g/mol. The van der Waals surface area contributed by atoms with Gasteiger partial charge in [-0.3, -0.25) is 4.79 Å². The van der Waals surface area contributed by atoms with E-state index < -0.39 is 0 Å². The molecule has 0 amide bonds. The maximum absolute atomic E-state index is 12.0. The lowest BCUT2D eigenvalue weighted by molar-refractivity contribution is 0.0895. The third-order valence-corrected chi connectivity index (χ3v) is 6.45. The lowest BCUT2D eigenvalue weighted by Crippen LogP contribution is -2.31. The van der Waals surface area contributed by atoms with Crippen molar-refractivity contribution >= 4 is 23.8 Å². The summed E-state index contributed by atoms with van der Waals surface area (Å²) in [4.78, 5) is 12.0. The molecule has 0 radical (unpaired) electrons. The summed E-state index contributed by atoms with van der Waals surface area (Å²) < 4.78 is 0. The first-order chi connectivity index (χ1) is 16.3. The van der Waals surface area contributed by atoms with Crippen molar-refractivity contribution in [3.05, 3.63) is 113 Å². The number of rotatable bonds is 4. The predicted molar refractivity (Wildman–Crippen MR) is 145 cm³/mol. The van der Waals surface area contributed by atoms with E-state index in [-0.39, 0.29) is 18.3 Å². The molecule has 2 N–H and O–H groups in total. The molecule has 0 bridgehead atoms. The highest BCUT2D eigenvalue weighted by Crippen LogP contribution is 2.30. The fourth-order valence-corrected chi connectivity index (χ4v) is 4.69. The van der Waals surface area contributed by atoms with Crippen molar-refractivity contribution in [3.63, 3.8) is 0 Å². The van der Waals surface area contributed by atoms with E-state index in [1.807, 2.05) is 30.3 Å². The van der Waals surface area contributed by atoms with E-state index in [1.165, 1.54) is 16.7 Å². The van der Waals surface area contributed by atoms with Gasteiger partial charge in [0.2, 0.25) is 0 Å². The Labute approximate surface area is 210 Å². The number of carbonyl (C=O) groups excluding carboxylic acids is 1. The van der Waals surface area contributed by atoms with Crippen LogP contribution >= 0.6 is 12.4 Å². The molecule has 2 fully saturated rings. The molecular weight excluding hydrogens is 440 g/mol. The minimum atomic E-state index is 0. The van der Waals surface area contributed by atoms with Crippen molar-refractivity contribution in [1.82, 2.24) is 10.6 Å². The second kappa shape index (κ2) is 13.9. The van der Waals surface area contributed by atoms with E-state index in [0.717, 1.165) is 57.4 Å². The molecule has 3 nitrogen and oxygen atoms in total. The highest BCUT2D eigenvalue weighted by atomic mass is 35.5. The summed E-state index contributed by atoms with van der Waals surface area (Å²) in [5.74, 6) is 0.547. The Balaban J connectivity index is 0.000000193. The molecule has 34 heavy (non-hydrogen) atoms. The van der Waals surface area contributed by atoms with Crippen LogP contribution in [0.2, 0.25) is 0 Å². The van der Waals surface area contributed by atoms with Crippen LogP contribution in [-0.4, -0.2) is 32.0 Å². The van der Waals surface area contributed by atoms with Gasteiger partial charge in [-0.1, -0.05) is 96.6 Å². The average molecular weight is 475 g/mol. The molecule has 0 aromatic heterocycles. The molecule has 4 heteroatoms. The van der Waals surface area contributed by atoms with E-state index in [9.17, 15) is 4.79 Å². The third kappa shape index (κ3) is 7.14. The van der Waals surface area contributed by atoms with Gasteiger partial charge in [0, 0.05) is 11.5 Å². The highest BCUT2D eigenvalue weighted by molar-refractivity contribution is 5.97. The van der Waals surface area contributed by atoms with Crippen molar-refractivity contribution < 1.29 is 4.79 Å². The Morgan fingerprint density at radius 2 is 1.00 bits per heavy atom. The van der Waals surface area contributed by atoms with Crippen LogP contribution in [0.3, 0.4) is 0 Å². The fraction of sp³-hybridized carbons (Fsp3) is 0.300. The first-order valence-electron chi connectivity index (χ1n) is 12.2. The highest BCUT2D eigenvalue weighted by Gasteiger charge is 2.21. The number of hydrogen-bond donors (Lipinski definition) is 2. The van der Waals surface area contributed by atoms with Gasteiger partial charge >= 0.3 is 0 Å². The van der Waals surface area contributed by atoms with Gasteiger partial charge in [0.15, 0.2) is 5.78 Å². The smallest absolute Gasteiger partial charge is 0.166 e. The van der Waals surface area contributed by atoms with E-state index in [4.69, 9.17) is 0 Å². The molecule has 3 aromatic rings. The maximum Gasteiger partial charge on any atom is 0.166 e. The van der Waals surface area contributed by atoms with Crippen LogP contribution in [0.25, 0.3) is 5.57 Å². The summed E-state index contributed by atoms with van der Waals surface area (Å²) in [5, 5.41) is 6.71. The molecular formula is C30H35ClN2O. The zero-order valence-electron chi connectivity index (χ0n) is 19.7. The zero-order chi connectivity index (χ0) is 22.7. The van der Waals surface area contributed by atoms with E-state index in [1.54, 1.807) is 5.57 Å². The molecule has 5 rings (SSSR count). The largest absolute Gasteiger partial charge is 0.317 e. The summed E-state index contributed by atoms with van der Waals surface area (Å²) in [5.41, 5.74) is 6.55. The van der Waals surface area contributed by atoms with Crippen LogP contribution in [0.4, 0.5) is 0 Å². The van der Waals surface area contributed by atoms with Gasteiger partial charge in [0.1, 0.15) is 0 Å². The number of benzene rings is 3. The van der Waals surface area contributed by atoms with Gasteiger partial charge in [-0.25, -0.2) is 0 Å². The summed E-state index contributed by atoms with van der Waals surface area (Å²) in [7, 11) is 0. The topological polar surface area (TPSA) is 41.1 Å². The van der Waals surface area contributed by atoms with Crippen molar-refractivity contribution in [2.45, 2.75) is 25.7 Å². The van der Waals surface area contributed by atoms with Gasteiger partial charge < -0.3 is 10.6 Å². The lowest BCUT2D eigenvalue weighted by atomic mass is 9.89. The summed E-state index contributed by atoms with van der Waals surface area (Å²) in [6.45, 7) is 4.14. The molecule has 178 valence electrons. The van der Waals surface area contributed by atoms with E-state index in [0.29, 0.717) is 5.78 Å². The third-order valence-electron chi connectivity index (χ3n) is 6.45. The number of piperidine rings is 2. The van der Waals surface area contributed by atoms with Crippen LogP contribution in [0.5, 0.6) is 0 Å². The normalized spacial score (nSPS) is 15.9. The van der Waals surface area contributed by atoms with Crippen LogP contribution in [0.15, 0.2) is 96.6 Å². The minimum absolute atomic E-state index is 0. The fourth-order valence-electron chi connectivity index (χ4n) is 4.69. The standard InChI is InChI=1S/C18H19N.C12H15NO.ClH/c1-3-7-15(8-4-1)18(16-9-5-2-6-10-16)17-11-13-19-14-12-17;14-12(10-4-2-1-3-5-10)11-6-8-13-9-7-11;/h1-10,19H,11-14H2;1-5,11,13H,6-9H2;1H. The van der Waals surface area contributed by atoms with Crippen molar-refractivity contribution in [2.24, 2.45) is 5.92 Å². The molecule has 2 aliphatic rings. The van der Waals surface area contributed by atoms with Gasteiger partial charge in [-0.05, 0) is 68.6 Å². The van der Waals surface area contributed by atoms with Crippen molar-refractivity contribution in [1.29, 1.82) is 0 Å². The van der Waals surface area contributed by atoms with Gasteiger partial charge in [-0.15, -0.1) is 12.4 Å². The molecule has 3 aromatic carbocycles. The van der Waals surface area contributed by atoms with Crippen LogP contribution in [-0.2, 0) is 0 Å². The molecule has 2 aliphatic heterocycles. The first kappa shape index (κ1) is 25.9. The van der Waals surface area contributed by atoms with Gasteiger partial charge in [0.25, 0.3) is 0 Å². The number of ketones is 1. The summed E-state index contributed by atoms with van der Waals surface area (Å²) >= 11 is 0. The lowest BCUT2D eigenvalue weighted by Gasteiger charge is -2.21. The predicted octanol–water partition coefficient (Wildman–Crippen LogP) is 6.16. The Morgan fingerprint density at radius 1 is 0.588 bits per heavy atom. The van der Waals surface area contributed by atoms with Crippen molar-refractivity contribution in [2.75, 3.05) is 26.2 Å². The SMILES string of the molecule is Cl.O=C(c1ccccc1)C1CCNCC1.c1ccc(C(=C2CCNCC2)c2ccccc2)cc1. The average Bonchev–Trinajstić information content (AvgIpc) is 2.92. The van der Waals surface area contributed by atoms with Crippen LogP contribution in [0.1, 0.15) is 47.2 Å². The molecule has 0 saturated carbocycles. The minimum Gasteiger partial charge on any atom is -0.317 e. The van der Waals surface area contributed by atoms with Gasteiger partial charge in [0.05, 0.1) is 0 Å². The Morgan fingerprint density at radius 3 is 1.47 bits per heavy atom. The first-order valence-corrected chi connectivity index (χ1v) is 12.2. The molecule has 0 unspecified atom stereocenters. The van der Waals surface area contributed by atoms with Crippen LogP contribution < -0.4 is 10.6 Å². The molecule has 0 aliphatic carbocycles. The summed E-state index contributed by atoms with van der Waals surface area (Å²) in [6, 6.07) is 31.2. The van der Waals surface area contributed by atoms with Gasteiger partial charge in [-0.2, -0.15) is 0 Å². The van der Waals surface area contributed by atoms with E-state index >= 15 is 0 Å². The molecule has 2 saturated heterocycles. The second-order valence-electron chi connectivity index (χ2n) is 8.72. The summed E-state index contributed by atoms with van der Waals surface area (Å²) in [6.07, 6.45) is 4.26. The number of Topliss-reactive ketones (excluding diaryl/α,β-unsaturated/α-hetero) is 1. The molecule has 2 heterocycles. The number of hydrogen-bond acceptors (Lipinski definition) is 3. The maximum atomic E-state index is 12.0. The number of carbonyl (C=O) groups is 1. The quantitative estimate of drug-likeness (QED) is 0.445. The Kier molecular flexibility index (Phi) is 10.6. The van der Waals surface area contributed by atoms with Crippen LogP contribution in [0, 0.1) is 5.92 Å². The van der Waals surface area contributed by atoms with E-state index in [2.05, 4.69) is 71.3 Å².